The van der Waals surface area contributed by atoms with Crippen molar-refractivity contribution >= 4 is 0 Å². The molecule has 0 bridgehead atoms. The lowest BCUT2D eigenvalue weighted by Gasteiger charge is -2.36. The van der Waals surface area contributed by atoms with Crippen molar-refractivity contribution in [2.45, 2.75) is 207 Å². The van der Waals surface area contributed by atoms with E-state index < -0.39 is 12.1 Å². The second-order valence-corrected chi connectivity index (χ2v) is 12.4. The molecule has 0 aromatic heterocycles. The lowest BCUT2D eigenvalue weighted by Crippen LogP contribution is -2.55. The molecule has 2 N–H and O–H groups in total. The second kappa shape index (κ2) is 29.3. The highest BCUT2D eigenvalue weighted by Gasteiger charge is 2.33. The Bertz CT molecular complexity index is 441. The molecule has 0 amide bonds. The topological polar surface area (TPSA) is 50.7 Å². The van der Waals surface area contributed by atoms with E-state index in [2.05, 4.69) is 26.1 Å². The predicted molar refractivity (Wildman–Crippen MR) is 171 cm³/mol. The Balaban J connectivity index is 4.03. The van der Waals surface area contributed by atoms with Crippen molar-refractivity contribution in [3.05, 3.63) is 0 Å². The third-order valence-corrected chi connectivity index (χ3v) is 8.13. The summed E-state index contributed by atoms with van der Waals surface area (Å²) in [5, 5.41) is 13.8. The molecule has 0 aliphatic heterocycles. The zero-order valence-corrected chi connectivity index (χ0v) is 27.5. The monoisotopic (exact) mass is 556 g/mol. The lowest BCUT2D eigenvalue weighted by molar-refractivity contribution is -0.275. The SMILES string of the molecule is CCCCCCCCCCCCCCOC(CC)(NC(O)C(C)C)OCCCCCCCCCCCCCC. The fourth-order valence-corrected chi connectivity index (χ4v) is 5.18. The van der Waals surface area contributed by atoms with Crippen molar-refractivity contribution in [1.82, 2.24) is 5.32 Å². The molecule has 1 unspecified atom stereocenters. The first-order valence-corrected chi connectivity index (χ1v) is 17.7. The number of hydrogen-bond donors (Lipinski definition) is 2. The first-order chi connectivity index (χ1) is 19.0. The van der Waals surface area contributed by atoms with Gasteiger partial charge in [0.1, 0.15) is 6.23 Å². The Labute approximate surface area is 246 Å². The van der Waals surface area contributed by atoms with E-state index in [9.17, 15) is 5.11 Å². The van der Waals surface area contributed by atoms with E-state index in [0.29, 0.717) is 19.6 Å². The molecule has 0 aliphatic carbocycles. The van der Waals surface area contributed by atoms with Crippen LogP contribution in [0.1, 0.15) is 195 Å². The molecule has 0 spiro atoms. The van der Waals surface area contributed by atoms with Gasteiger partial charge in [0, 0.05) is 6.42 Å². The summed E-state index contributed by atoms with van der Waals surface area (Å²) in [6.45, 7) is 12.1. The van der Waals surface area contributed by atoms with Gasteiger partial charge in [0.15, 0.2) is 0 Å². The highest BCUT2D eigenvalue weighted by atomic mass is 16.7. The highest BCUT2D eigenvalue weighted by Crippen LogP contribution is 2.20. The molecule has 39 heavy (non-hydrogen) atoms. The third-order valence-electron chi connectivity index (χ3n) is 8.13. The number of aliphatic hydroxyl groups excluding tert-OH is 1. The molecule has 1 atom stereocenters. The molecule has 4 nitrogen and oxygen atoms in total. The fourth-order valence-electron chi connectivity index (χ4n) is 5.18. The maximum atomic E-state index is 10.5. The molecule has 0 aliphatic rings. The number of nitrogens with one attached hydrogen (secondary N) is 1. The van der Waals surface area contributed by atoms with Crippen LogP contribution >= 0.6 is 0 Å². The van der Waals surface area contributed by atoms with E-state index in [0.717, 1.165) is 12.8 Å². The van der Waals surface area contributed by atoms with Gasteiger partial charge in [-0.2, -0.15) is 0 Å². The van der Waals surface area contributed by atoms with Gasteiger partial charge in [-0.15, -0.1) is 0 Å². The van der Waals surface area contributed by atoms with Crippen molar-refractivity contribution in [3.63, 3.8) is 0 Å². The van der Waals surface area contributed by atoms with Crippen LogP contribution in [0.15, 0.2) is 0 Å². The Morgan fingerprint density at radius 2 is 0.769 bits per heavy atom. The molecule has 0 saturated heterocycles. The number of rotatable bonds is 32. The first kappa shape index (κ1) is 38.8. The zero-order chi connectivity index (χ0) is 28.9. The van der Waals surface area contributed by atoms with Gasteiger partial charge in [-0.05, 0) is 18.8 Å². The van der Waals surface area contributed by atoms with E-state index >= 15 is 0 Å². The summed E-state index contributed by atoms with van der Waals surface area (Å²) in [4.78, 5) is 0. The van der Waals surface area contributed by atoms with Crippen molar-refractivity contribution < 1.29 is 14.6 Å². The molecule has 0 radical (unpaired) electrons. The van der Waals surface area contributed by atoms with Crippen LogP contribution in [0.25, 0.3) is 0 Å². The van der Waals surface area contributed by atoms with Gasteiger partial charge in [0.05, 0.1) is 13.2 Å². The molecule has 0 aromatic carbocycles. The van der Waals surface area contributed by atoms with Crippen LogP contribution in [0.4, 0.5) is 0 Å². The van der Waals surface area contributed by atoms with Crippen LogP contribution < -0.4 is 5.32 Å². The normalized spacial score (nSPS) is 13.0. The van der Waals surface area contributed by atoms with Crippen LogP contribution in [-0.2, 0) is 9.47 Å². The summed E-state index contributed by atoms with van der Waals surface area (Å²) in [6, 6.07) is 0. The van der Waals surface area contributed by atoms with Crippen LogP contribution in [0.5, 0.6) is 0 Å². The second-order valence-electron chi connectivity index (χ2n) is 12.4. The molecule has 0 aromatic rings. The highest BCUT2D eigenvalue weighted by molar-refractivity contribution is 4.70. The lowest BCUT2D eigenvalue weighted by atomic mass is 10.1. The Morgan fingerprint density at radius 1 is 0.487 bits per heavy atom. The number of aliphatic hydroxyl groups is 1. The van der Waals surface area contributed by atoms with Gasteiger partial charge in [0.25, 0.3) is 0 Å². The van der Waals surface area contributed by atoms with Gasteiger partial charge in [-0.3, -0.25) is 0 Å². The Morgan fingerprint density at radius 3 is 1.03 bits per heavy atom. The molecule has 236 valence electrons. The first-order valence-electron chi connectivity index (χ1n) is 17.7. The van der Waals surface area contributed by atoms with Crippen molar-refractivity contribution in [2.75, 3.05) is 13.2 Å². The van der Waals surface area contributed by atoms with E-state index in [1.165, 1.54) is 141 Å². The maximum Gasteiger partial charge on any atom is 0.229 e. The zero-order valence-electron chi connectivity index (χ0n) is 27.5. The molecule has 0 saturated carbocycles. The van der Waals surface area contributed by atoms with Crippen molar-refractivity contribution in [2.24, 2.45) is 5.92 Å². The summed E-state index contributed by atoms with van der Waals surface area (Å²) in [5.41, 5.74) is 0. The fraction of sp³-hybridized carbons (Fsp3) is 1.00. The van der Waals surface area contributed by atoms with E-state index in [4.69, 9.17) is 9.47 Å². The van der Waals surface area contributed by atoms with Gasteiger partial charge < -0.3 is 14.6 Å². The van der Waals surface area contributed by atoms with Crippen LogP contribution in [0.3, 0.4) is 0 Å². The van der Waals surface area contributed by atoms with Crippen LogP contribution in [0.2, 0.25) is 0 Å². The quantitative estimate of drug-likeness (QED) is 0.0640. The summed E-state index contributed by atoms with van der Waals surface area (Å²) in [5.74, 6) is -0.763. The summed E-state index contributed by atoms with van der Waals surface area (Å²) >= 11 is 0. The smallest absolute Gasteiger partial charge is 0.229 e. The number of unbranched alkanes of at least 4 members (excludes halogenated alkanes) is 22. The minimum atomic E-state index is -0.876. The largest absolute Gasteiger partial charge is 0.378 e. The number of ether oxygens (including phenoxy) is 2. The average molecular weight is 556 g/mol. The minimum absolute atomic E-state index is 0.112. The van der Waals surface area contributed by atoms with Gasteiger partial charge in [0.2, 0.25) is 5.91 Å². The molecule has 0 fully saturated rings. The average Bonchev–Trinajstić information content (AvgIpc) is 2.93. The van der Waals surface area contributed by atoms with Gasteiger partial charge in [-0.25, -0.2) is 5.32 Å². The molecular weight excluding hydrogens is 482 g/mol. The van der Waals surface area contributed by atoms with Crippen LogP contribution in [-0.4, -0.2) is 30.5 Å². The third kappa shape index (κ3) is 25.3. The maximum absolute atomic E-state index is 10.5. The van der Waals surface area contributed by atoms with Crippen LogP contribution in [0, 0.1) is 5.92 Å². The van der Waals surface area contributed by atoms with Crippen molar-refractivity contribution in [3.8, 4) is 0 Å². The molecular formula is C35H73NO3. The van der Waals surface area contributed by atoms with Gasteiger partial charge >= 0.3 is 0 Å². The molecule has 0 rings (SSSR count). The minimum Gasteiger partial charge on any atom is -0.378 e. The van der Waals surface area contributed by atoms with E-state index in [1.54, 1.807) is 0 Å². The Hall–Kier alpha value is -0.160. The summed E-state index contributed by atoms with van der Waals surface area (Å²) < 4.78 is 12.6. The number of hydrogen-bond acceptors (Lipinski definition) is 4. The molecule has 0 heterocycles. The summed E-state index contributed by atoms with van der Waals surface area (Å²) in [6.07, 6.45) is 32.2. The van der Waals surface area contributed by atoms with E-state index in [1.807, 2.05) is 13.8 Å². The molecule has 4 heteroatoms. The standard InChI is InChI=1S/C35H73NO3/c1-6-9-11-13-15-17-19-21-23-25-27-29-31-38-35(8-3,36-34(37)33(4)5)39-32-30-28-26-24-22-20-18-16-14-12-10-7-2/h33-34,36-37H,6-32H2,1-5H3. The van der Waals surface area contributed by atoms with E-state index in [-0.39, 0.29) is 5.92 Å². The Kier molecular flexibility index (Phi) is 29.2. The van der Waals surface area contributed by atoms with Crippen molar-refractivity contribution in [1.29, 1.82) is 0 Å². The summed E-state index contributed by atoms with van der Waals surface area (Å²) in [7, 11) is 0. The predicted octanol–water partition coefficient (Wildman–Crippen LogP) is 11.0. The van der Waals surface area contributed by atoms with Gasteiger partial charge in [-0.1, -0.05) is 176 Å².